The lowest BCUT2D eigenvalue weighted by Gasteiger charge is -2.03. The Hall–Kier alpha value is -0.630. The van der Waals surface area contributed by atoms with E-state index in [4.69, 9.17) is 4.74 Å². The molecule has 0 aromatic rings. The molecule has 1 nitrogen and oxygen atoms in total. The molecule has 9 heavy (non-hydrogen) atoms. The van der Waals surface area contributed by atoms with Crippen LogP contribution in [0, 0.1) is 0 Å². The Balaban J connectivity index is 2.37. The monoisotopic (exact) mass is 138 g/mol. The number of thioether (sulfide) groups is 1. The molecule has 0 N–H and O–H groups in total. The third-order valence-electron chi connectivity index (χ3n) is 1.27. The highest BCUT2D eigenvalue weighted by molar-refractivity contribution is 8.06. The highest BCUT2D eigenvalue weighted by atomic mass is 32.2. The van der Waals surface area contributed by atoms with Gasteiger partial charge in [-0.05, 0) is 17.6 Å². The van der Waals surface area contributed by atoms with Crippen LogP contribution in [0.1, 0.15) is 0 Å². The molecule has 0 unspecified atom stereocenters. The van der Waals surface area contributed by atoms with Crippen molar-refractivity contribution in [1.29, 1.82) is 0 Å². The number of ether oxygens (including phenoxy) is 1. The molecule has 0 bridgehead atoms. The SMILES string of the molecule is C1=CSC2=CCOC2=C1. The molecule has 2 aliphatic heterocycles. The fourth-order valence-corrected chi connectivity index (χ4v) is 1.57. The Labute approximate surface area is 58.1 Å². The van der Waals surface area contributed by atoms with E-state index in [1.165, 1.54) is 4.91 Å². The maximum atomic E-state index is 5.25. The maximum Gasteiger partial charge on any atom is 0.133 e. The van der Waals surface area contributed by atoms with Crippen LogP contribution in [-0.4, -0.2) is 6.61 Å². The molecule has 0 saturated heterocycles. The van der Waals surface area contributed by atoms with Gasteiger partial charge < -0.3 is 4.74 Å². The molecule has 0 radical (unpaired) electrons. The first-order valence-corrected chi connectivity index (χ1v) is 3.71. The molecule has 0 fully saturated rings. The summed E-state index contributed by atoms with van der Waals surface area (Å²) in [6.07, 6.45) is 6.10. The molecule has 0 saturated carbocycles. The molecule has 0 spiro atoms. The summed E-state index contributed by atoms with van der Waals surface area (Å²) in [5.74, 6) is 1.03. The van der Waals surface area contributed by atoms with E-state index in [-0.39, 0.29) is 0 Å². The van der Waals surface area contributed by atoms with E-state index in [1.807, 2.05) is 12.2 Å². The van der Waals surface area contributed by atoms with Gasteiger partial charge in [-0.3, -0.25) is 0 Å². The minimum atomic E-state index is 0.746. The van der Waals surface area contributed by atoms with Gasteiger partial charge in [-0.2, -0.15) is 0 Å². The van der Waals surface area contributed by atoms with Crippen molar-refractivity contribution >= 4 is 11.8 Å². The standard InChI is InChI=1S/C7H6OS/c1-2-6-7(9-5-1)3-4-8-6/h1-3,5H,4H2. The largest absolute Gasteiger partial charge is 0.488 e. The fourth-order valence-electron chi connectivity index (χ4n) is 0.855. The van der Waals surface area contributed by atoms with E-state index in [0.29, 0.717) is 0 Å². The first kappa shape index (κ1) is 5.18. The predicted octanol–water partition coefficient (Wildman–Crippen LogP) is 2.04. The van der Waals surface area contributed by atoms with Gasteiger partial charge in [0.05, 0.1) is 4.91 Å². The summed E-state index contributed by atoms with van der Waals surface area (Å²) in [5.41, 5.74) is 0. The Morgan fingerprint density at radius 2 is 2.56 bits per heavy atom. The molecule has 0 atom stereocenters. The zero-order valence-corrected chi connectivity index (χ0v) is 5.65. The van der Waals surface area contributed by atoms with Crippen molar-refractivity contribution in [2.24, 2.45) is 0 Å². The summed E-state index contributed by atoms with van der Waals surface area (Å²) < 4.78 is 5.25. The van der Waals surface area contributed by atoms with Crippen molar-refractivity contribution in [3.8, 4) is 0 Å². The Morgan fingerprint density at radius 3 is 3.44 bits per heavy atom. The van der Waals surface area contributed by atoms with Gasteiger partial charge in [-0.1, -0.05) is 17.8 Å². The molecule has 2 aliphatic rings. The maximum absolute atomic E-state index is 5.25. The highest BCUT2D eigenvalue weighted by Gasteiger charge is 2.12. The number of allylic oxidation sites excluding steroid dienone is 2. The minimum absolute atomic E-state index is 0.746. The molecule has 2 rings (SSSR count). The normalized spacial score (nSPS) is 22.2. The molecule has 0 aliphatic carbocycles. The zero-order chi connectivity index (χ0) is 6.10. The van der Waals surface area contributed by atoms with Crippen LogP contribution in [-0.2, 0) is 4.74 Å². The van der Waals surface area contributed by atoms with E-state index < -0.39 is 0 Å². The van der Waals surface area contributed by atoms with Gasteiger partial charge in [0, 0.05) is 0 Å². The topological polar surface area (TPSA) is 9.23 Å². The smallest absolute Gasteiger partial charge is 0.133 e. The Bertz CT molecular complexity index is 213. The van der Waals surface area contributed by atoms with Crippen molar-refractivity contribution in [2.45, 2.75) is 0 Å². The van der Waals surface area contributed by atoms with Crippen molar-refractivity contribution < 1.29 is 4.74 Å². The van der Waals surface area contributed by atoms with Crippen LogP contribution >= 0.6 is 11.8 Å². The minimum Gasteiger partial charge on any atom is -0.488 e. The van der Waals surface area contributed by atoms with Crippen molar-refractivity contribution in [3.05, 3.63) is 34.3 Å². The van der Waals surface area contributed by atoms with E-state index in [9.17, 15) is 0 Å². The molecule has 2 heterocycles. The third-order valence-corrected chi connectivity index (χ3v) is 2.19. The van der Waals surface area contributed by atoms with Crippen LogP contribution in [0.3, 0.4) is 0 Å². The highest BCUT2D eigenvalue weighted by Crippen LogP contribution is 2.32. The van der Waals surface area contributed by atoms with Crippen LogP contribution in [0.4, 0.5) is 0 Å². The van der Waals surface area contributed by atoms with Crippen LogP contribution in [0.2, 0.25) is 0 Å². The van der Waals surface area contributed by atoms with Gasteiger partial charge in [-0.25, -0.2) is 0 Å². The number of hydrogen-bond donors (Lipinski definition) is 0. The van der Waals surface area contributed by atoms with Gasteiger partial charge in [0.2, 0.25) is 0 Å². The second kappa shape index (κ2) is 1.95. The summed E-state index contributed by atoms with van der Waals surface area (Å²) in [6, 6.07) is 0. The van der Waals surface area contributed by atoms with Crippen LogP contribution in [0.15, 0.2) is 34.3 Å². The van der Waals surface area contributed by atoms with Crippen molar-refractivity contribution in [1.82, 2.24) is 0 Å². The summed E-state index contributed by atoms with van der Waals surface area (Å²) in [6.45, 7) is 0.746. The van der Waals surface area contributed by atoms with E-state index in [0.717, 1.165) is 12.4 Å². The number of fused-ring (bicyclic) bond motifs is 1. The zero-order valence-electron chi connectivity index (χ0n) is 4.83. The second-order valence-electron chi connectivity index (χ2n) is 1.86. The van der Waals surface area contributed by atoms with Gasteiger partial charge in [0.1, 0.15) is 12.4 Å². The average Bonchev–Trinajstić information content (AvgIpc) is 2.33. The summed E-state index contributed by atoms with van der Waals surface area (Å²) >= 11 is 1.72. The third kappa shape index (κ3) is 0.793. The van der Waals surface area contributed by atoms with E-state index >= 15 is 0 Å². The van der Waals surface area contributed by atoms with Crippen molar-refractivity contribution in [3.63, 3.8) is 0 Å². The van der Waals surface area contributed by atoms with Gasteiger partial charge in [-0.15, -0.1) is 0 Å². The Kier molecular flexibility index (Phi) is 1.12. The van der Waals surface area contributed by atoms with Crippen LogP contribution < -0.4 is 0 Å². The lowest BCUT2D eigenvalue weighted by molar-refractivity contribution is 0.278. The lowest BCUT2D eigenvalue weighted by atomic mass is 10.4. The van der Waals surface area contributed by atoms with E-state index in [1.54, 1.807) is 11.8 Å². The summed E-state index contributed by atoms with van der Waals surface area (Å²) in [4.78, 5) is 1.26. The molecule has 0 aromatic carbocycles. The van der Waals surface area contributed by atoms with Crippen LogP contribution in [0.25, 0.3) is 0 Å². The molecule has 2 heteroatoms. The fraction of sp³-hybridized carbons (Fsp3) is 0.143. The lowest BCUT2D eigenvalue weighted by Crippen LogP contribution is -1.83. The second-order valence-corrected chi connectivity index (χ2v) is 2.80. The van der Waals surface area contributed by atoms with Gasteiger partial charge >= 0.3 is 0 Å². The van der Waals surface area contributed by atoms with Crippen molar-refractivity contribution in [2.75, 3.05) is 6.61 Å². The van der Waals surface area contributed by atoms with E-state index in [2.05, 4.69) is 11.5 Å². The Morgan fingerprint density at radius 1 is 1.56 bits per heavy atom. The van der Waals surface area contributed by atoms with Gasteiger partial charge in [0.15, 0.2) is 0 Å². The molecule has 0 amide bonds. The van der Waals surface area contributed by atoms with Crippen LogP contribution in [0.5, 0.6) is 0 Å². The number of hydrogen-bond acceptors (Lipinski definition) is 2. The first-order chi connectivity index (χ1) is 4.47. The van der Waals surface area contributed by atoms with Gasteiger partial charge in [0.25, 0.3) is 0 Å². The predicted molar refractivity (Wildman–Crippen MR) is 38.8 cm³/mol. The summed E-state index contributed by atoms with van der Waals surface area (Å²) in [5, 5.41) is 2.06. The average molecular weight is 138 g/mol. The quantitative estimate of drug-likeness (QED) is 0.506. The molecular formula is C7H6OS. The number of rotatable bonds is 0. The summed E-state index contributed by atoms with van der Waals surface area (Å²) in [7, 11) is 0. The molecule has 46 valence electrons. The molecule has 0 aromatic heterocycles. The first-order valence-electron chi connectivity index (χ1n) is 2.83. The molecular weight excluding hydrogens is 132 g/mol.